The molecule has 2 fully saturated rings. The molecule has 1 aliphatic heterocycles. The molecule has 3 nitrogen and oxygen atoms in total. The van der Waals surface area contributed by atoms with Crippen molar-refractivity contribution in [3.63, 3.8) is 0 Å². The van der Waals surface area contributed by atoms with Crippen LogP contribution in [0.2, 0.25) is 0 Å². The lowest BCUT2D eigenvalue weighted by atomic mass is 9.98. The number of fused-ring (bicyclic) bond motifs is 2. The fourth-order valence-corrected chi connectivity index (χ4v) is 4.55. The predicted molar refractivity (Wildman–Crippen MR) is 88.9 cm³/mol. The third-order valence-corrected chi connectivity index (χ3v) is 5.87. The van der Waals surface area contributed by atoms with Crippen molar-refractivity contribution in [3.8, 4) is 0 Å². The van der Waals surface area contributed by atoms with E-state index < -0.39 is 0 Å². The van der Waals surface area contributed by atoms with Crippen LogP contribution in [0.1, 0.15) is 18.4 Å². The number of pyridine rings is 1. The molecule has 2 heterocycles. The van der Waals surface area contributed by atoms with Crippen molar-refractivity contribution in [2.24, 2.45) is 17.6 Å². The molecule has 3 atom stereocenters. The van der Waals surface area contributed by atoms with Gasteiger partial charge in [0.25, 0.3) is 0 Å². The summed E-state index contributed by atoms with van der Waals surface area (Å²) in [6.07, 6.45) is 4.40. The van der Waals surface area contributed by atoms with Gasteiger partial charge >= 0.3 is 0 Å². The van der Waals surface area contributed by atoms with Gasteiger partial charge in [0.1, 0.15) is 0 Å². The maximum Gasteiger partial charge on any atom is 0.0758 e. The van der Waals surface area contributed by atoms with Crippen molar-refractivity contribution >= 4 is 26.8 Å². The molecule has 0 amide bonds. The van der Waals surface area contributed by atoms with E-state index in [-0.39, 0.29) is 0 Å². The van der Waals surface area contributed by atoms with Crippen LogP contribution in [0.3, 0.4) is 0 Å². The third-order valence-electron chi connectivity index (χ3n) is 5.18. The average molecular weight is 346 g/mol. The summed E-state index contributed by atoms with van der Waals surface area (Å²) >= 11 is 3.62. The number of nitrogens with zero attached hydrogens (tertiary/aromatic N) is 2. The molecule has 0 spiro atoms. The summed E-state index contributed by atoms with van der Waals surface area (Å²) in [5, 5.41) is 1.20. The molecule has 1 aromatic heterocycles. The molecule has 0 radical (unpaired) electrons. The van der Waals surface area contributed by atoms with Gasteiger partial charge < -0.3 is 5.73 Å². The first-order chi connectivity index (χ1) is 10.2. The highest BCUT2D eigenvalue weighted by Crippen LogP contribution is 2.38. The van der Waals surface area contributed by atoms with Gasteiger partial charge in [-0.1, -0.05) is 28.1 Å². The molecular weight excluding hydrogens is 326 g/mol. The highest BCUT2D eigenvalue weighted by molar-refractivity contribution is 9.10. The zero-order valence-corrected chi connectivity index (χ0v) is 13.6. The zero-order valence-electron chi connectivity index (χ0n) is 12.0. The molecule has 1 aliphatic carbocycles. The van der Waals surface area contributed by atoms with Crippen LogP contribution in [-0.4, -0.2) is 29.0 Å². The molecule has 4 heteroatoms. The smallest absolute Gasteiger partial charge is 0.0758 e. The monoisotopic (exact) mass is 345 g/mol. The minimum atomic E-state index is 0.416. The molecule has 2 N–H and O–H groups in total. The Morgan fingerprint density at radius 1 is 1.24 bits per heavy atom. The van der Waals surface area contributed by atoms with E-state index in [9.17, 15) is 0 Å². The topological polar surface area (TPSA) is 42.1 Å². The Hall–Kier alpha value is -0.970. The molecule has 4 rings (SSSR count). The SMILES string of the molecule is NC1CCC2CN(Cc3ccc(Br)c4cccnc34)CC12. The van der Waals surface area contributed by atoms with E-state index in [1.54, 1.807) is 0 Å². The number of halogens is 1. The first-order valence-electron chi connectivity index (χ1n) is 7.72. The molecule has 1 saturated heterocycles. The summed E-state index contributed by atoms with van der Waals surface area (Å²) in [7, 11) is 0. The fourth-order valence-electron chi connectivity index (χ4n) is 4.09. The molecule has 0 bridgehead atoms. The molecule has 3 unspecified atom stereocenters. The lowest BCUT2D eigenvalue weighted by Crippen LogP contribution is -2.30. The van der Waals surface area contributed by atoms with Gasteiger partial charge in [-0.25, -0.2) is 0 Å². The standard InChI is InChI=1S/C17H20BrN3/c18-15-5-3-12(17-13(15)2-1-7-20-17)9-21-8-11-4-6-16(19)14(11)10-21/h1-3,5,7,11,14,16H,4,6,8-10,19H2. The summed E-state index contributed by atoms with van der Waals surface area (Å²) in [5.41, 5.74) is 8.68. The van der Waals surface area contributed by atoms with Gasteiger partial charge in [0.15, 0.2) is 0 Å². The summed E-state index contributed by atoms with van der Waals surface area (Å²) in [6.45, 7) is 3.33. The van der Waals surface area contributed by atoms with Gasteiger partial charge in [-0.15, -0.1) is 0 Å². The lowest BCUT2D eigenvalue weighted by molar-refractivity contribution is 0.299. The number of hydrogen-bond acceptors (Lipinski definition) is 3. The average Bonchev–Trinajstić information content (AvgIpc) is 3.05. The van der Waals surface area contributed by atoms with Gasteiger partial charge in [0.2, 0.25) is 0 Å². The van der Waals surface area contributed by atoms with Crippen molar-refractivity contribution in [2.75, 3.05) is 13.1 Å². The Kier molecular flexibility index (Phi) is 3.48. The molecule has 2 aromatic rings. The minimum absolute atomic E-state index is 0.416. The summed E-state index contributed by atoms with van der Waals surface area (Å²) < 4.78 is 1.12. The number of benzene rings is 1. The van der Waals surface area contributed by atoms with E-state index in [2.05, 4.69) is 44.0 Å². The van der Waals surface area contributed by atoms with Gasteiger partial charge in [0, 0.05) is 41.7 Å². The molecule has 2 aliphatic rings. The van der Waals surface area contributed by atoms with Crippen LogP contribution in [0.25, 0.3) is 10.9 Å². The molecular formula is C17H20BrN3. The zero-order chi connectivity index (χ0) is 14.4. The number of hydrogen-bond donors (Lipinski definition) is 1. The summed E-state index contributed by atoms with van der Waals surface area (Å²) in [5.74, 6) is 1.52. The van der Waals surface area contributed by atoms with Crippen LogP contribution in [-0.2, 0) is 6.54 Å². The van der Waals surface area contributed by atoms with Gasteiger partial charge in [-0.05, 0) is 42.4 Å². The maximum absolute atomic E-state index is 6.24. The number of nitrogens with two attached hydrogens (primary N) is 1. The molecule has 110 valence electrons. The lowest BCUT2D eigenvalue weighted by Gasteiger charge is -2.19. The van der Waals surface area contributed by atoms with Crippen LogP contribution in [0, 0.1) is 11.8 Å². The van der Waals surface area contributed by atoms with E-state index in [1.807, 2.05) is 12.3 Å². The van der Waals surface area contributed by atoms with Crippen LogP contribution in [0.5, 0.6) is 0 Å². The van der Waals surface area contributed by atoms with E-state index in [4.69, 9.17) is 5.73 Å². The predicted octanol–water partition coefficient (Wildman–Crippen LogP) is 3.17. The van der Waals surface area contributed by atoms with Crippen molar-refractivity contribution in [1.29, 1.82) is 0 Å². The van der Waals surface area contributed by atoms with Gasteiger partial charge in [-0.3, -0.25) is 9.88 Å². The van der Waals surface area contributed by atoms with Crippen molar-refractivity contribution < 1.29 is 0 Å². The minimum Gasteiger partial charge on any atom is -0.327 e. The molecule has 1 saturated carbocycles. The van der Waals surface area contributed by atoms with E-state index in [1.165, 1.54) is 30.3 Å². The normalized spacial score (nSPS) is 29.1. The maximum atomic E-state index is 6.24. The van der Waals surface area contributed by atoms with Crippen LogP contribution < -0.4 is 5.73 Å². The molecule has 21 heavy (non-hydrogen) atoms. The van der Waals surface area contributed by atoms with Crippen molar-refractivity contribution in [2.45, 2.75) is 25.4 Å². The van der Waals surface area contributed by atoms with Crippen molar-refractivity contribution in [3.05, 3.63) is 40.5 Å². The fraction of sp³-hybridized carbons (Fsp3) is 0.471. The van der Waals surface area contributed by atoms with Crippen LogP contribution in [0.15, 0.2) is 34.9 Å². The number of likely N-dealkylation sites (tertiary alicyclic amines) is 1. The summed E-state index contributed by atoms with van der Waals surface area (Å²) in [6, 6.07) is 8.88. The summed E-state index contributed by atoms with van der Waals surface area (Å²) in [4.78, 5) is 7.15. The van der Waals surface area contributed by atoms with E-state index in [0.717, 1.165) is 29.0 Å². The van der Waals surface area contributed by atoms with Crippen LogP contribution >= 0.6 is 15.9 Å². The Bertz CT molecular complexity index is 672. The van der Waals surface area contributed by atoms with E-state index in [0.29, 0.717) is 12.0 Å². The second-order valence-corrected chi connectivity index (χ2v) is 7.32. The van der Waals surface area contributed by atoms with E-state index >= 15 is 0 Å². The Morgan fingerprint density at radius 3 is 3.00 bits per heavy atom. The highest BCUT2D eigenvalue weighted by atomic mass is 79.9. The van der Waals surface area contributed by atoms with Crippen LogP contribution in [0.4, 0.5) is 0 Å². The number of aromatic nitrogens is 1. The Morgan fingerprint density at radius 2 is 2.14 bits per heavy atom. The highest BCUT2D eigenvalue weighted by Gasteiger charge is 2.40. The first kappa shape index (κ1) is 13.7. The van der Waals surface area contributed by atoms with Gasteiger partial charge in [-0.2, -0.15) is 0 Å². The molecule has 1 aromatic carbocycles. The largest absolute Gasteiger partial charge is 0.327 e. The second-order valence-electron chi connectivity index (χ2n) is 6.47. The quantitative estimate of drug-likeness (QED) is 0.908. The Balaban J connectivity index is 1.60. The Labute approximate surface area is 133 Å². The third kappa shape index (κ3) is 2.39. The first-order valence-corrected chi connectivity index (χ1v) is 8.52. The number of rotatable bonds is 2. The van der Waals surface area contributed by atoms with Crippen molar-refractivity contribution in [1.82, 2.24) is 9.88 Å². The second kappa shape index (κ2) is 5.34. The van der Waals surface area contributed by atoms with Gasteiger partial charge in [0.05, 0.1) is 5.52 Å².